The number of carbonyl (C=O) groups excluding carboxylic acids is 1. The highest BCUT2D eigenvalue weighted by Gasteiger charge is 2.59. The topological polar surface area (TPSA) is 26.3 Å². The Balaban J connectivity index is 2.07. The van der Waals surface area contributed by atoms with Gasteiger partial charge in [-0.1, -0.05) is 20.4 Å². The standard InChI is InChI=1S/C13H20O2/c1-4-11(14)15-9-13(3)10-5-7-12(13,2)8-6-10/h4,10H,1,5-9H2,2-3H3. The molecule has 2 aliphatic rings. The first-order chi connectivity index (χ1) is 7.02. The Morgan fingerprint density at radius 1 is 1.47 bits per heavy atom. The van der Waals surface area contributed by atoms with Crippen LogP contribution < -0.4 is 0 Å². The zero-order valence-electron chi connectivity index (χ0n) is 9.71. The van der Waals surface area contributed by atoms with Gasteiger partial charge in [0.15, 0.2) is 0 Å². The lowest BCUT2D eigenvalue weighted by Crippen LogP contribution is -2.36. The van der Waals surface area contributed by atoms with Crippen LogP contribution in [-0.2, 0) is 9.53 Å². The van der Waals surface area contributed by atoms with Crippen molar-refractivity contribution in [2.75, 3.05) is 6.61 Å². The van der Waals surface area contributed by atoms with E-state index in [-0.39, 0.29) is 11.4 Å². The van der Waals surface area contributed by atoms with E-state index in [0.717, 1.165) is 5.92 Å². The normalized spacial score (nSPS) is 42.9. The first-order valence-electron chi connectivity index (χ1n) is 5.81. The van der Waals surface area contributed by atoms with Crippen LogP contribution in [-0.4, -0.2) is 12.6 Å². The van der Waals surface area contributed by atoms with E-state index in [1.54, 1.807) is 0 Å². The van der Waals surface area contributed by atoms with Crippen molar-refractivity contribution in [3.8, 4) is 0 Å². The molecule has 0 spiro atoms. The molecule has 0 heterocycles. The van der Waals surface area contributed by atoms with Gasteiger partial charge in [-0.25, -0.2) is 4.79 Å². The molecular formula is C13H20O2. The quantitative estimate of drug-likeness (QED) is 0.526. The number of esters is 1. The molecule has 0 aliphatic heterocycles. The zero-order chi connectivity index (χ0) is 11.1. The third kappa shape index (κ3) is 1.42. The lowest BCUT2D eigenvalue weighted by molar-refractivity contribution is -0.143. The van der Waals surface area contributed by atoms with Gasteiger partial charge in [0.25, 0.3) is 0 Å². The second-order valence-corrected chi connectivity index (χ2v) is 5.56. The molecule has 2 saturated carbocycles. The van der Waals surface area contributed by atoms with Crippen molar-refractivity contribution in [2.45, 2.75) is 39.5 Å². The maximum absolute atomic E-state index is 11.1. The summed E-state index contributed by atoms with van der Waals surface area (Å²) in [6.45, 7) is 8.63. The van der Waals surface area contributed by atoms with Gasteiger partial charge in [-0.05, 0) is 37.0 Å². The molecule has 0 amide bonds. The van der Waals surface area contributed by atoms with Crippen molar-refractivity contribution in [3.05, 3.63) is 12.7 Å². The van der Waals surface area contributed by atoms with Gasteiger partial charge in [-0.2, -0.15) is 0 Å². The van der Waals surface area contributed by atoms with Crippen molar-refractivity contribution < 1.29 is 9.53 Å². The Morgan fingerprint density at radius 2 is 2.07 bits per heavy atom. The molecule has 1 atom stereocenters. The molecule has 2 aliphatic carbocycles. The maximum atomic E-state index is 11.1. The molecule has 15 heavy (non-hydrogen) atoms. The molecule has 2 fully saturated rings. The zero-order valence-corrected chi connectivity index (χ0v) is 9.71. The Bertz CT molecular complexity index is 287. The lowest BCUT2D eigenvalue weighted by atomic mass is 9.70. The summed E-state index contributed by atoms with van der Waals surface area (Å²) >= 11 is 0. The summed E-state index contributed by atoms with van der Waals surface area (Å²) < 4.78 is 5.27. The van der Waals surface area contributed by atoms with Crippen molar-refractivity contribution in [2.24, 2.45) is 16.7 Å². The number of hydrogen-bond acceptors (Lipinski definition) is 2. The number of ether oxygens (including phenoxy) is 1. The first-order valence-corrected chi connectivity index (χ1v) is 5.81. The molecule has 0 saturated heterocycles. The number of carbonyl (C=O) groups is 1. The molecule has 0 aromatic rings. The van der Waals surface area contributed by atoms with Crippen LogP contribution in [0, 0.1) is 16.7 Å². The van der Waals surface area contributed by atoms with E-state index in [9.17, 15) is 4.79 Å². The van der Waals surface area contributed by atoms with Gasteiger partial charge in [-0.15, -0.1) is 0 Å². The highest BCUT2D eigenvalue weighted by atomic mass is 16.5. The fourth-order valence-electron chi connectivity index (χ4n) is 3.53. The van der Waals surface area contributed by atoms with Crippen LogP contribution in [0.2, 0.25) is 0 Å². The third-order valence-corrected chi connectivity index (χ3v) is 5.05. The highest BCUT2D eigenvalue weighted by Crippen LogP contribution is 2.65. The van der Waals surface area contributed by atoms with Crippen LogP contribution in [0.25, 0.3) is 0 Å². The van der Waals surface area contributed by atoms with Gasteiger partial charge in [-0.3, -0.25) is 0 Å². The fourth-order valence-corrected chi connectivity index (χ4v) is 3.53. The van der Waals surface area contributed by atoms with E-state index in [0.29, 0.717) is 12.0 Å². The van der Waals surface area contributed by atoms with E-state index in [1.165, 1.54) is 31.8 Å². The largest absolute Gasteiger partial charge is 0.462 e. The number of rotatable bonds is 3. The first kappa shape index (κ1) is 10.7. The predicted octanol–water partition coefficient (Wildman–Crippen LogP) is 2.93. The SMILES string of the molecule is C=CC(=O)OCC1(C)C2CCC1(C)CC2. The molecular weight excluding hydrogens is 188 g/mol. The van der Waals surface area contributed by atoms with Crippen LogP contribution in [0.1, 0.15) is 39.5 Å². The summed E-state index contributed by atoms with van der Waals surface area (Å²) in [5.74, 6) is 0.464. The Labute approximate surface area is 91.7 Å². The molecule has 2 bridgehead atoms. The van der Waals surface area contributed by atoms with E-state index in [4.69, 9.17) is 4.74 Å². The Kier molecular flexibility index (Phi) is 2.40. The minimum atomic E-state index is -0.286. The number of hydrogen-bond donors (Lipinski definition) is 0. The van der Waals surface area contributed by atoms with Gasteiger partial charge in [0.05, 0.1) is 6.61 Å². The van der Waals surface area contributed by atoms with Crippen molar-refractivity contribution in [1.82, 2.24) is 0 Å². The van der Waals surface area contributed by atoms with Crippen molar-refractivity contribution >= 4 is 5.97 Å². The summed E-state index contributed by atoms with van der Waals surface area (Å²) in [6, 6.07) is 0. The molecule has 2 rings (SSSR count). The van der Waals surface area contributed by atoms with E-state index < -0.39 is 0 Å². The Morgan fingerprint density at radius 3 is 2.47 bits per heavy atom. The molecule has 84 valence electrons. The molecule has 0 N–H and O–H groups in total. The van der Waals surface area contributed by atoms with Gasteiger partial charge in [0.1, 0.15) is 0 Å². The second-order valence-electron chi connectivity index (χ2n) is 5.56. The smallest absolute Gasteiger partial charge is 0.330 e. The Hall–Kier alpha value is -0.790. The average Bonchev–Trinajstić information content (AvgIpc) is 2.62. The summed E-state index contributed by atoms with van der Waals surface area (Å²) in [5, 5.41) is 0. The van der Waals surface area contributed by atoms with Crippen LogP contribution in [0.15, 0.2) is 12.7 Å². The van der Waals surface area contributed by atoms with E-state index in [2.05, 4.69) is 20.4 Å². The molecule has 2 heteroatoms. The van der Waals surface area contributed by atoms with E-state index >= 15 is 0 Å². The fraction of sp³-hybridized carbons (Fsp3) is 0.769. The molecule has 0 aromatic carbocycles. The summed E-state index contributed by atoms with van der Waals surface area (Å²) in [5.41, 5.74) is 0.588. The van der Waals surface area contributed by atoms with Crippen LogP contribution in [0.4, 0.5) is 0 Å². The highest BCUT2D eigenvalue weighted by molar-refractivity contribution is 5.81. The monoisotopic (exact) mass is 208 g/mol. The van der Waals surface area contributed by atoms with Gasteiger partial charge in [0, 0.05) is 11.5 Å². The predicted molar refractivity (Wildman–Crippen MR) is 59.3 cm³/mol. The van der Waals surface area contributed by atoms with Crippen LogP contribution in [0.3, 0.4) is 0 Å². The molecule has 1 unspecified atom stereocenters. The van der Waals surface area contributed by atoms with Gasteiger partial charge in [0.2, 0.25) is 0 Å². The van der Waals surface area contributed by atoms with Crippen molar-refractivity contribution in [3.63, 3.8) is 0 Å². The number of fused-ring (bicyclic) bond motifs is 2. The summed E-state index contributed by atoms with van der Waals surface area (Å²) in [6.07, 6.45) is 6.44. The van der Waals surface area contributed by atoms with E-state index in [1.807, 2.05) is 0 Å². The van der Waals surface area contributed by atoms with Crippen molar-refractivity contribution in [1.29, 1.82) is 0 Å². The van der Waals surface area contributed by atoms with Crippen LogP contribution >= 0.6 is 0 Å². The minimum absolute atomic E-state index is 0.200. The molecule has 0 radical (unpaired) electrons. The minimum Gasteiger partial charge on any atom is -0.462 e. The molecule has 0 aromatic heterocycles. The molecule has 2 nitrogen and oxygen atoms in total. The van der Waals surface area contributed by atoms with Gasteiger partial charge >= 0.3 is 5.97 Å². The maximum Gasteiger partial charge on any atom is 0.330 e. The lowest BCUT2D eigenvalue weighted by Gasteiger charge is -2.37. The van der Waals surface area contributed by atoms with Gasteiger partial charge < -0.3 is 4.74 Å². The summed E-state index contributed by atoms with van der Waals surface area (Å²) in [7, 11) is 0. The third-order valence-electron chi connectivity index (χ3n) is 5.05. The second kappa shape index (κ2) is 3.36. The van der Waals surface area contributed by atoms with Crippen LogP contribution in [0.5, 0.6) is 0 Å². The average molecular weight is 208 g/mol. The summed E-state index contributed by atoms with van der Waals surface area (Å²) in [4.78, 5) is 11.1.